The number of halogens is 1. The molecular weight excluding hydrogens is 447 g/mol. The first-order valence-corrected chi connectivity index (χ1v) is 12.0. The van der Waals surface area contributed by atoms with Gasteiger partial charge >= 0.3 is 0 Å². The quantitative estimate of drug-likeness (QED) is 0.481. The van der Waals surface area contributed by atoms with Crippen molar-refractivity contribution >= 4 is 21.2 Å². The number of nitrogens with one attached hydrogen (secondary N) is 1. The second-order valence-electron chi connectivity index (χ2n) is 7.99. The summed E-state index contributed by atoms with van der Waals surface area (Å²) >= 11 is 0. The SMILES string of the molecule is O=c1[nH]c(C2CCCN(S(=O)(=O)c3ccccc3F)C2)nc2c1nnn2Cc1ccccc1. The van der Waals surface area contributed by atoms with E-state index in [0.29, 0.717) is 30.9 Å². The zero-order valence-corrected chi connectivity index (χ0v) is 18.4. The van der Waals surface area contributed by atoms with Crippen LogP contribution in [0.2, 0.25) is 0 Å². The fourth-order valence-electron chi connectivity index (χ4n) is 4.12. The Labute approximate surface area is 188 Å². The molecular formula is C22H21FN6O3S. The maximum absolute atomic E-state index is 14.2. The van der Waals surface area contributed by atoms with Crippen molar-refractivity contribution in [2.45, 2.75) is 30.2 Å². The number of benzene rings is 2. The van der Waals surface area contributed by atoms with Gasteiger partial charge in [-0.1, -0.05) is 47.7 Å². The highest BCUT2D eigenvalue weighted by atomic mass is 32.2. The Bertz CT molecular complexity index is 1470. The van der Waals surface area contributed by atoms with Crippen molar-refractivity contribution in [2.24, 2.45) is 0 Å². The third-order valence-corrected chi connectivity index (χ3v) is 7.69. The fourth-order valence-corrected chi connectivity index (χ4v) is 5.71. The minimum atomic E-state index is -4.02. The Kier molecular flexibility index (Phi) is 5.51. The molecule has 2 aromatic carbocycles. The molecule has 5 rings (SSSR count). The topological polar surface area (TPSA) is 114 Å². The number of rotatable bonds is 5. The average Bonchev–Trinajstić information content (AvgIpc) is 3.23. The summed E-state index contributed by atoms with van der Waals surface area (Å²) < 4.78 is 43.1. The Morgan fingerprint density at radius 3 is 2.64 bits per heavy atom. The zero-order valence-electron chi connectivity index (χ0n) is 17.6. The molecule has 1 aliphatic rings. The van der Waals surface area contributed by atoms with Crippen LogP contribution >= 0.6 is 0 Å². The largest absolute Gasteiger partial charge is 0.308 e. The third kappa shape index (κ3) is 4.05. The van der Waals surface area contributed by atoms with Crippen molar-refractivity contribution in [1.82, 2.24) is 29.3 Å². The summed E-state index contributed by atoms with van der Waals surface area (Å²) in [5, 5.41) is 8.04. The summed E-state index contributed by atoms with van der Waals surface area (Å²) in [4.78, 5) is 19.7. The van der Waals surface area contributed by atoms with E-state index in [1.807, 2.05) is 30.3 Å². The summed E-state index contributed by atoms with van der Waals surface area (Å²) in [6, 6.07) is 14.9. The molecule has 0 bridgehead atoms. The van der Waals surface area contributed by atoms with Crippen LogP contribution in [0.4, 0.5) is 4.39 Å². The predicted octanol–water partition coefficient (Wildman–Crippen LogP) is 2.27. The fraction of sp³-hybridized carbons (Fsp3) is 0.273. The first-order chi connectivity index (χ1) is 15.9. The monoisotopic (exact) mass is 468 g/mol. The number of sulfonamides is 1. The van der Waals surface area contributed by atoms with Crippen LogP contribution < -0.4 is 5.56 Å². The van der Waals surface area contributed by atoms with E-state index in [0.717, 1.165) is 11.6 Å². The summed E-state index contributed by atoms with van der Waals surface area (Å²) in [5.74, 6) is -0.765. The number of aromatic amines is 1. The standard InChI is InChI=1S/C22H21FN6O3S/c23-17-10-4-5-11-18(17)33(31,32)28-12-6-9-16(14-28)20-24-21-19(22(30)25-20)26-27-29(21)13-15-7-2-1-3-8-15/h1-5,7-8,10-11,16H,6,9,12-14H2,(H,24,25,30). The van der Waals surface area contributed by atoms with E-state index >= 15 is 0 Å². The summed E-state index contributed by atoms with van der Waals surface area (Å²) in [6.07, 6.45) is 1.19. The highest BCUT2D eigenvalue weighted by Crippen LogP contribution is 2.29. The van der Waals surface area contributed by atoms with Crippen LogP contribution in [0.25, 0.3) is 11.2 Å². The number of fused-ring (bicyclic) bond motifs is 1. The lowest BCUT2D eigenvalue weighted by Gasteiger charge is -2.31. The molecule has 1 aliphatic heterocycles. The lowest BCUT2D eigenvalue weighted by atomic mass is 9.99. The molecule has 170 valence electrons. The van der Waals surface area contributed by atoms with Gasteiger partial charge in [0.25, 0.3) is 5.56 Å². The van der Waals surface area contributed by atoms with E-state index < -0.39 is 21.4 Å². The van der Waals surface area contributed by atoms with Crippen LogP contribution in [0, 0.1) is 5.82 Å². The highest BCUT2D eigenvalue weighted by molar-refractivity contribution is 7.89. The number of H-pyrrole nitrogens is 1. The molecule has 0 saturated carbocycles. The zero-order chi connectivity index (χ0) is 23.0. The molecule has 1 saturated heterocycles. The number of hydrogen-bond donors (Lipinski definition) is 1. The van der Waals surface area contributed by atoms with Crippen LogP contribution in [0.3, 0.4) is 0 Å². The number of piperidine rings is 1. The number of aromatic nitrogens is 5. The first kappa shape index (κ1) is 21.4. The van der Waals surface area contributed by atoms with Crippen LogP contribution in [0.5, 0.6) is 0 Å². The molecule has 1 fully saturated rings. The van der Waals surface area contributed by atoms with E-state index in [2.05, 4.69) is 20.3 Å². The van der Waals surface area contributed by atoms with E-state index in [1.54, 1.807) is 4.68 Å². The molecule has 3 heterocycles. The average molecular weight is 469 g/mol. The van der Waals surface area contributed by atoms with E-state index in [-0.39, 0.29) is 29.4 Å². The lowest BCUT2D eigenvalue weighted by molar-refractivity contribution is 0.308. The number of hydrogen-bond acceptors (Lipinski definition) is 6. The highest BCUT2D eigenvalue weighted by Gasteiger charge is 2.33. The molecule has 2 aromatic heterocycles. The van der Waals surface area contributed by atoms with Gasteiger partial charge in [-0.2, -0.15) is 4.31 Å². The molecule has 1 N–H and O–H groups in total. The molecule has 0 spiro atoms. The second kappa shape index (κ2) is 8.49. The van der Waals surface area contributed by atoms with Gasteiger partial charge < -0.3 is 4.98 Å². The smallest absolute Gasteiger partial charge is 0.281 e. The Balaban J connectivity index is 1.47. The normalized spacial score (nSPS) is 17.4. The molecule has 9 nitrogen and oxygen atoms in total. The van der Waals surface area contributed by atoms with E-state index in [9.17, 15) is 17.6 Å². The van der Waals surface area contributed by atoms with Gasteiger partial charge in [0.2, 0.25) is 10.0 Å². The Morgan fingerprint density at radius 1 is 1.09 bits per heavy atom. The van der Waals surface area contributed by atoms with Gasteiger partial charge in [0.1, 0.15) is 16.5 Å². The molecule has 33 heavy (non-hydrogen) atoms. The van der Waals surface area contributed by atoms with Gasteiger partial charge in [0.15, 0.2) is 11.2 Å². The summed E-state index contributed by atoms with van der Waals surface area (Å²) in [6.45, 7) is 0.754. The van der Waals surface area contributed by atoms with E-state index in [4.69, 9.17) is 0 Å². The van der Waals surface area contributed by atoms with Crippen LogP contribution in [-0.4, -0.2) is 50.8 Å². The molecule has 1 atom stereocenters. The molecule has 0 aliphatic carbocycles. The van der Waals surface area contributed by atoms with E-state index in [1.165, 1.54) is 22.5 Å². The first-order valence-electron chi connectivity index (χ1n) is 10.6. The van der Waals surface area contributed by atoms with Crippen LogP contribution in [-0.2, 0) is 16.6 Å². The predicted molar refractivity (Wildman–Crippen MR) is 119 cm³/mol. The maximum Gasteiger partial charge on any atom is 0.281 e. The third-order valence-electron chi connectivity index (χ3n) is 5.79. The van der Waals surface area contributed by atoms with Crippen molar-refractivity contribution < 1.29 is 12.8 Å². The molecule has 11 heteroatoms. The van der Waals surface area contributed by atoms with Gasteiger partial charge in [0, 0.05) is 19.0 Å². The Morgan fingerprint density at radius 2 is 1.85 bits per heavy atom. The minimum absolute atomic E-state index is 0.0887. The van der Waals surface area contributed by atoms with Crippen molar-refractivity contribution in [2.75, 3.05) is 13.1 Å². The van der Waals surface area contributed by atoms with Crippen molar-refractivity contribution in [1.29, 1.82) is 0 Å². The molecule has 1 unspecified atom stereocenters. The minimum Gasteiger partial charge on any atom is -0.308 e. The second-order valence-corrected chi connectivity index (χ2v) is 9.90. The summed E-state index contributed by atoms with van der Waals surface area (Å²) in [7, 11) is -4.02. The lowest BCUT2D eigenvalue weighted by Crippen LogP contribution is -2.40. The summed E-state index contributed by atoms with van der Waals surface area (Å²) in [5.41, 5.74) is 1.02. The van der Waals surface area contributed by atoms with Gasteiger partial charge in [-0.05, 0) is 30.5 Å². The van der Waals surface area contributed by atoms with Crippen molar-refractivity contribution in [3.05, 3.63) is 82.2 Å². The molecule has 0 amide bonds. The van der Waals surface area contributed by atoms with Crippen molar-refractivity contribution in [3.63, 3.8) is 0 Å². The van der Waals surface area contributed by atoms with Crippen LogP contribution in [0.1, 0.15) is 30.1 Å². The van der Waals surface area contributed by atoms with Crippen molar-refractivity contribution in [3.8, 4) is 0 Å². The number of nitrogens with zero attached hydrogens (tertiary/aromatic N) is 5. The Hall–Kier alpha value is -3.44. The van der Waals surface area contributed by atoms with Gasteiger partial charge in [-0.15, -0.1) is 5.10 Å². The maximum atomic E-state index is 14.2. The molecule has 4 aromatic rings. The van der Waals surface area contributed by atoms with Gasteiger partial charge in [-0.25, -0.2) is 22.5 Å². The molecule has 0 radical (unpaired) electrons. The van der Waals surface area contributed by atoms with Crippen LogP contribution in [0.15, 0.2) is 64.3 Å². The van der Waals surface area contributed by atoms with Gasteiger partial charge in [-0.3, -0.25) is 4.79 Å². The van der Waals surface area contributed by atoms with Gasteiger partial charge in [0.05, 0.1) is 6.54 Å².